The highest BCUT2D eigenvalue weighted by Crippen LogP contribution is 2.33. The van der Waals surface area contributed by atoms with E-state index in [0.717, 1.165) is 24.2 Å². The Morgan fingerprint density at radius 3 is 3.00 bits per heavy atom. The summed E-state index contributed by atoms with van der Waals surface area (Å²) in [4.78, 5) is 14.7. The summed E-state index contributed by atoms with van der Waals surface area (Å²) in [5.74, 6) is -0.236. The molecule has 1 atom stereocenters. The number of benzene rings is 1. The zero-order valence-electron chi connectivity index (χ0n) is 13.7. The fourth-order valence-corrected chi connectivity index (χ4v) is 2.85. The van der Waals surface area contributed by atoms with Gasteiger partial charge in [0, 0.05) is 36.6 Å². The van der Waals surface area contributed by atoms with Crippen LogP contribution in [-0.2, 0) is 6.67 Å². The minimum atomic E-state index is -0.407. The highest BCUT2D eigenvalue weighted by Gasteiger charge is 2.23. The Balaban J connectivity index is 2.01. The average molecular weight is 319 g/mol. The van der Waals surface area contributed by atoms with E-state index >= 15 is 0 Å². The lowest BCUT2D eigenvalue weighted by Crippen LogP contribution is -2.35. The van der Waals surface area contributed by atoms with Crippen LogP contribution in [-0.4, -0.2) is 48.4 Å². The van der Waals surface area contributed by atoms with Crippen LogP contribution in [0.25, 0.3) is 10.8 Å². The first-order valence-corrected chi connectivity index (χ1v) is 7.81. The molecule has 1 aromatic heterocycles. The Morgan fingerprint density at radius 2 is 2.26 bits per heavy atom. The summed E-state index contributed by atoms with van der Waals surface area (Å²) in [5, 5.41) is 12.0. The van der Waals surface area contributed by atoms with Gasteiger partial charge in [-0.2, -0.15) is 5.10 Å². The van der Waals surface area contributed by atoms with Crippen molar-refractivity contribution < 1.29 is 4.39 Å². The number of hydrogen-bond donors (Lipinski definition) is 2. The van der Waals surface area contributed by atoms with Gasteiger partial charge in [0.1, 0.15) is 5.82 Å². The van der Waals surface area contributed by atoms with Crippen LogP contribution in [0.15, 0.2) is 16.9 Å². The number of likely N-dealkylation sites (N-methyl/N-ethyl adjacent to an activating group) is 1. The molecular weight excluding hydrogens is 297 g/mol. The molecule has 7 heteroatoms. The van der Waals surface area contributed by atoms with Crippen LogP contribution < -0.4 is 16.2 Å². The summed E-state index contributed by atoms with van der Waals surface area (Å²) < 4.78 is 15.2. The van der Waals surface area contributed by atoms with Crippen molar-refractivity contribution >= 4 is 16.5 Å². The molecule has 0 amide bonds. The molecule has 1 aliphatic rings. The van der Waals surface area contributed by atoms with Crippen LogP contribution in [0, 0.1) is 5.82 Å². The maximum Gasteiger partial charge on any atom is 0.276 e. The Bertz CT molecular complexity index is 786. The molecule has 1 aliphatic heterocycles. The van der Waals surface area contributed by atoms with Gasteiger partial charge in [0.2, 0.25) is 0 Å². The monoisotopic (exact) mass is 319 g/mol. The minimum Gasteiger partial charge on any atom is -0.384 e. The van der Waals surface area contributed by atoms with E-state index in [1.165, 1.54) is 16.8 Å². The van der Waals surface area contributed by atoms with Gasteiger partial charge in [-0.3, -0.25) is 10.1 Å². The molecule has 0 fully saturated rings. The predicted octanol–water partition coefficient (Wildman–Crippen LogP) is 1.17. The first kappa shape index (κ1) is 15.9. The minimum absolute atomic E-state index is 0.170. The lowest BCUT2D eigenvalue weighted by Gasteiger charge is -2.24. The number of halogens is 1. The van der Waals surface area contributed by atoms with Crippen LogP contribution >= 0.6 is 0 Å². The summed E-state index contributed by atoms with van der Waals surface area (Å²) in [6.07, 6.45) is 0. The van der Waals surface area contributed by atoms with Gasteiger partial charge in [-0.25, -0.2) is 9.07 Å². The van der Waals surface area contributed by atoms with Gasteiger partial charge in [-0.1, -0.05) is 6.92 Å². The largest absolute Gasteiger partial charge is 0.384 e. The molecule has 0 saturated heterocycles. The summed E-state index contributed by atoms with van der Waals surface area (Å²) >= 11 is 0. The van der Waals surface area contributed by atoms with Crippen LogP contribution in [0.1, 0.15) is 18.5 Å². The van der Waals surface area contributed by atoms with Gasteiger partial charge in [-0.05, 0) is 26.2 Å². The molecule has 2 heterocycles. The number of nitrogens with zero attached hydrogens (tertiary/aromatic N) is 3. The topological polar surface area (TPSA) is 62.2 Å². The van der Waals surface area contributed by atoms with Gasteiger partial charge in [0.15, 0.2) is 0 Å². The van der Waals surface area contributed by atoms with Gasteiger partial charge >= 0.3 is 0 Å². The van der Waals surface area contributed by atoms with Gasteiger partial charge in [0.25, 0.3) is 5.56 Å². The lowest BCUT2D eigenvalue weighted by molar-refractivity contribution is 0.380. The van der Waals surface area contributed by atoms with E-state index in [2.05, 4.69) is 27.6 Å². The first-order valence-electron chi connectivity index (χ1n) is 7.81. The summed E-state index contributed by atoms with van der Waals surface area (Å²) in [5.41, 5.74) is 1.24. The van der Waals surface area contributed by atoms with E-state index in [9.17, 15) is 9.18 Å². The average Bonchev–Trinajstić information content (AvgIpc) is 2.50. The summed E-state index contributed by atoms with van der Waals surface area (Å²) in [7, 11) is 3.98. The molecular formula is C16H22FN5O. The standard InChI is InChI=1S/C16H22FN5O/c1-10-8-19-13-7-11(17)6-12-14(13)15(10)20-22(16(12)23)9-18-4-5-21(2)3/h6-7,10,18-19H,4-5,8-9H2,1-3H3. The second-order valence-electron chi connectivity index (χ2n) is 6.31. The fourth-order valence-electron chi connectivity index (χ4n) is 2.85. The van der Waals surface area contributed by atoms with Crippen molar-refractivity contribution in [2.75, 3.05) is 39.0 Å². The van der Waals surface area contributed by atoms with E-state index in [-0.39, 0.29) is 11.5 Å². The van der Waals surface area contributed by atoms with E-state index in [1.54, 1.807) is 0 Å². The van der Waals surface area contributed by atoms with E-state index in [0.29, 0.717) is 24.3 Å². The van der Waals surface area contributed by atoms with Gasteiger partial charge in [0.05, 0.1) is 17.7 Å². The predicted molar refractivity (Wildman–Crippen MR) is 89.4 cm³/mol. The summed E-state index contributed by atoms with van der Waals surface area (Å²) in [6.45, 7) is 4.68. The molecule has 2 aromatic rings. The Labute approximate surface area is 134 Å². The molecule has 0 saturated carbocycles. The Kier molecular flexibility index (Phi) is 4.32. The zero-order chi connectivity index (χ0) is 16.6. The smallest absolute Gasteiger partial charge is 0.276 e. The molecule has 0 spiro atoms. The maximum absolute atomic E-state index is 13.8. The first-order chi connectivity index (χ1) is 11.0. The van der Waals surface area contributed by atoms with E-state index in [4.69, 9.17) is 0 Å². The molecule has 0 aliphatic carbocycles. The highest BCUT2D eigenvalue weighted by molar-refractivity contribution is 5.96. The van der Waals surface area contributed by atoms with Crippen molar-refractivity contribution in [1.82, 2.24) is 20.0 Å². The SMILES string of the molecule is CC1CNc2cc(F)cc3c(=O)n(CNCCN(C)C)nc1c23. The second-order valence-corrected chi connectivity index (χ2v) is 6.31. The molecule has 2 N–H and O–H groups in total. The van der Waals surface area contributed by atoms with E-state index in [1.807, 2.05) is 14.1 Å². The molecule has 1 unspecified atom stereocenters. The third-order valence-corrected chi connectivity index (χ3v) is 4.12. The van der Waals surface area contributed by atoms with Crippen LogP contribution in [0.2, 0.25) is 0 Å². The number of nitrogens with one attached hydrogen (secondary N) is 2. The molecule has 124 valence electrons. The second kappa shape index (κ2) is 6.25. The quantitative estimate of drug-likeness (QED) is 0.810. The number of rotatable bonds is 5. The lowest BCUT2D eigenvalue weighted by atomic mass is 9.96. The van der Waals surface area contributed by atoms with Gasteiger partial charge < -0.3 is 10.2 Å². The van der Waals surface area contributed by atoms with Crippen molar-refractivity contribution in [3.8, 4) is 0 Å². The van der Waals surface area contributed by atoms with Gasteiger partial charge in [-0.15, -0.1) is 0 Å². The maximum atomic E-state index is 13.8. The molecule has 23 heavy (non-hydrogen) atoms. The van der Waals surface area contributed by atoms with E-state index < -0.39 is 5.82 Å². The van der Waals surface area contributed by atoms with Crippen LogP contribution in [0.4, 0.5) is 10.1 Å². The van der Waals surface area contributed by atoms with Crippen molar-refractivity contribution in [2.45, 2.75) is 19.5 Å². The highest BCUT2D eigenvalue weighted by atomic mass is 19.1. The van der Waals surface area contributed by atoms with Crippen LogP contribution in [0.5, 0.6) is 0 Å². The third kappa shape index (κ3) is 3.07. The summed E-state index contributed by atoms with van der Waals surface area (Å²) in [6, 6.07) is 2.74. The number of anilines is 1. The Hall–Kier alpha value is -1.99. The zero-order valence-corrected chi connectivity index (χ0v) is 13.7. The van der Waals surface area contributed by atoms with Crippen molar-refractivity contribution in [3.05, 3.63) is 34.0 Å². The van der Waals surface area contributed by atoms with Crippen LogP contribution in [0.3, 0.4) is 0 Å². The van der Waals surface area contributed by atoms with Crippen molar-refractivity contribution in [2.24, 2.45) is 0 Å². The Morgan fingerprint density at radius 1 is 1.48 bits per heavy atom. The normalized spacial score (nSPS) is 16.8. The number of aromatic nitrogens is 2. The molecule has 1 aromatic carbocycles. The molecule has 0 radical (unpaired) electrons. The van der Waals surface area contributed by atoms with Crippen molar-refractivity contribution in [1.29, 1.82) is 0 Å². The number of hydrogen-bond acceptors (Lipinski definition) is 5. The van der Waals surface area contributed by atoms with Crippen molar-refractivity contribution in [3.63, 3.8) is 0 Å². The fraction of sp³-hybridized carbons (Fsp3) is 0.500. The molecule has 0 bridgehead atoms. The molecule has 6 nitrogen and oxygen atoms in total. The molecule has 3 rings (SSSR count). The third-order valence-electron chi connectivity index (χ3n) is 4.12.